The lowest BCUT2D eigenvalue weighted by Gasteiger charge is -2.47. The molecule has 3 aliphatic heterocycles. The molecule has 0 aromatic carbocycles. The van der Waals surface area contributed by atoms with Gasteiger partial charge < -0.3 is 11.1 Å². The number of nitrogens with zero attached hydrogens (tertiary/aromatic N) is 2. The van der Waals surface area contributed by atoms with E-state index in [0.29, 0.717) is 0 Å². The Balaban J connectivity index is 1.50. The van der Waals surface area contributed by atoms with Gasteiger partial charge in [-0.15, -0.1) is 11.6 Å². The van der Waals surface area contributed by atoms with Crippen LogP contribution >= 0.6 is 11.6 Å². The van der Waals surface area contributed by atoms with Gasteiger partial charge in [0.05, 0.1) is 23.6 Å². The van der Waals surface area contributed by atoms with E-state index >= 15 is 0 Å². The molecule has 24 heavy (non-hydrogen) atoms. The number of piperidine rings is 2. The number of alkyl halides is 4. The van der Waals surface area contributed by atoms with Gasteiger partial charge in [0, 0.05) is 38.8 Å². The van der Waals surface area contributed by atoms with E-state index in [-0.39, 0.29) is 31.3 Å². The zero-order valence-electron chi connectivity index (χ0n) is 13.7. The summed E-state index contributed by atoms with van der Waals surface area (Å²) in [6.07, 6.45) is -2.02. The standard InChI is InChI=1S/C15H27ClF3N5/c16-11-8-10(15(17,18)19)9-22-13(11)23-4-6-24(7-5-23)14-12(20)2-1-3-21-14/h10-14,21-22H,1-9,20H2. The molecule has 0 aromatic heterocycles. The molecule has 5 unspecified atom stereocenters. The monoisotopic (exact) mass is 369 g/mol. The summed E-state index contributed by atoms with van der Waals surface area (Å²) in [4.78, 5) is 4.53. The van der Waals surface area contributed by atoms with E-state index in [1.165, 1.54) is 0 Å². The number of piperazine rings is 1. The van der Waals surface area contributed by atoms with Gasteiger partial charge in [0.25, 0.3) is 0 Å². The van der Waals surface area contributed by atoms with E-state index in [1.807, 2.05) is 0 Å². The molecule has 0 saturated carbocycles. The molecule has 0 radical (unpaired) electrons. The van der Waals surface area contributed by atoms with Gasteiger partial charge in [-0.3, -0.25) is 15.1 Å². The van der Waals surface area contributed by atoms with Crippen LogP contribution in [0.25, 0.3) is 0 Å². The Kier molecular flexibility index (Phi) is 5.94. The molecule has 3 rings (SSSR count). The smallest absolute Gasteiger partial charge is 0.325 e. The lowest BCUT2D eigenvalue weighted by atomic mass is 9.96. The Morgan fingerprint density at radius 3 is 2.17 bits per heavy atom. The van der Waals surface area contributed by atoms with Crippen molar-refractivity contribution >= 4 is 11.6 Å². The lowest BCUT2D eigenvalue weighted by molar-refractivity contribution is -0.181. The number of rotatable bonds is 2. The predicted octanol–water partition coefficient (Wildman–Crippen LogP) is 0.746. The summed E-state index contributed by atoms with van der Waals surface area (Å²) in [5, 5.41) is 5.97. The second-order valence-corrected chi connectivity index (χ2v) is 7.68. The topological polar surface area (TPSA) is 56.6 Å². The minimum absolute atomic E-state index is 0.0159. The molecule has 3 saturated heterocycles. The average molecular weight is 370 g/mol. The number of halogens is 4. The molecule has 5 atom stereocenters. The Labute approximate surface area is 146 Å². The number of hydrogen-bond acceptors (Lipinski definition) is 5. The first-order valence-corrected chi connectivity index (χ1v) is 9.21. The molecule has 0 spiro atoms. The van der Waals surface area contributed by atoms with E-state index < -0.39 is 17.5 Å². The van der Waals surface area contributed by atoms with E-state index in [0.717, 1.165) is 45.6 Å². The molecule has 0 aromatic rings. The van der Waals surface area contributed by atoms with Crippen LogP contribution in [-0.4, -0.2) is 79.0 Å². The summed E-state index contributed by atoms with van der Waals surface area (Å²) in [5.74, 6) is -1.35. The number of nitrogens with two attached hydrogens (primary N) is 1. The molecule has 4 N–H and O–H groups in total. The highest BCUT2D eigenvalue weighted by Gasteiger charge is 2.46. The normalized spacial score (nSPS) is 40.6. The minimum atomic E-state index is -4.17. The summed E-state index contributed by atoms with van der Waals surface area (Å²) in [6, 6.07) is 0.145. The van der Waals surface area contributed by atoms with Crippen LogP contribution in [0.2, 0.25) is 0 Å². The summed E-state index contributed by atoms with van der Waals surface area (Å²) in [6.45, 7) is 4.24. The van der Waals surface area contributed by atoms with Gasteiger partial charge in [0.1, 0.15) is 0 Å². The Bertz CT molecular complexity index is 416. The van der Waals surface area contributed by atoms with Crippen LogP contribution in [0, 0.1) is 5.92 Å². The third-order valence-corrected chi connectivity index (χ3v) is 5.91. The second-order valence-electron chi connectivity index (χ2n) is 7.12. The van der Waals surface area contributed by atoms with Crippen molar-refractivity contribution in [2.45, 2.75) is 49.2 Å². The highest BCUT2D eigenvalue weighted by molar-refractivity contribution is 6.21. The third-order valence-electron chi connectivity index (χ3n) is 5.50. The van der Waals surface area contributed by atoms with E-state index in [9.17, 15) is 13.2 Å². The van der Waals surface area contributed by atoms with E-state index in [1.54, 1.807) is 0 Å². The Hall–Kier alpha value is -0.120. The van der Waals surface area contributed by atoms with Crippen molar-refractivity contribution in [3.8, 4) is 0 Å². The third kappa shape index (κ3) is 4.16. The maximum atomic E-state index is 12.8. The van der Waals surface area contributed by atoms with Crippen molar-refractivity contribution in [1.29, 1.82) is 0 Å². The first kappa shape index (κ1) is 18.7. The van der Waals surface area contributed by atoms with Gasteiger partial charge in [-0.1, -0.05) is 0 Å². The minimum Gasteiger partial charge on any atom is -0.325 e. The van der Waals surface area contributed by atoms with Crippen molar-refractivity contribution in [3.05, 3.63) is 0 Å². The first-order chi connectivity index (χ1) is 11.4. The molecule has 140 valence electrons. The Morgan fingerprint density at radius 1 is 1.00 bits per heavy atom. The highest BCUT2D eigenvalue weighted by atomic mass is 35.5. The highest BCUT2D eigenvalue weighted by Crippen LogP contribution is 2.34. The molecule has 3 aliphatic rings. The van der Waals surface area contributed by atoms with Gasteiger partial charge in [0.15, 0.2) is 0 Å². The molecule has 0 aliphatic carbocycles. The molecule has 3 fully saturated rings. The number of nitrogens with one attached hydrogen (secondary N) is 2. The van der Waals surface area contributed by atoms with E-state index in [2.05, 4.69) is 20.4 Å². The van der Waals surface area contributed by atoms with Crippen molar-refractivity contribution in [1.82, 2.24) is 20.4 Å². The summed E-state index contributed by atoms with van der Waals surface area (Å²) in [5.41, 5.74) is 6.21. The van der Waals surface area contributed by atoms with Crippen molar-refractivity contribution in [3.63, 3.8) is 0 Å². The molecule has 3 heterocycles. The molecule has 9 heteroatoms. The van der Waals surface area contributed by atoms with Crippen molar-refractivity contribution in [2.75, 3.05) is 39.3 Å². The zero-order valence-corrected chi connectivity index (χ0v) is 14.5. The first-order valence-electron chi connectivity index (χ1n) is 8.77. The largest absolute Gasteiger partial charge is 0.393 e. The average Bonchev–Trinajstić information content (AvgIpc) is 2.55. The van der Waals surface area contributed by atoms with E-state index in [4.69, 9.17) is 17.3 Å². The number of hydrogen-bond donors (Lipinski definition) is 3. The molecule has 0 amide bonds. The summed E-state index contributed by atoms with van der Waals surface area (Å²) >= 11 is 6.27. The van der Waals surface area contributed by atoms with Gasteiger partial charge in [0.2, 0.25) is 0 Å². The fourth-order valence-electron chi connectivity index (χ4n) is 4.07. The maximum absolute atomic E-state index is 12.8. The fraction of sp³-hybridized carbons (Fsp3) is 1.00. The van der Waals surface area contributed by atoms with Crippen molar-refractivity contribution in [2.24, 2.45) is 11.7 Å². The van der Waals surface area contributed by atoms with Crippen LogP contribution < -0.4 is 16.4 Å². The maximum Gasteiger partial charge on any atom is 0.393 e. The predicted molar refractivity (Wildman–Crippen MR) is 87.7 cm³/mol. The van der Waals surface area contributed by atoms with Crippen LogP contribution in [0.1, 0.15) is 19.3 Å². The molecular weight excluding hydrogens is 343 g/mol. The van der Waals surface area contributed by atoms with Gasteiger partial charge in [-0.25, -0.2) is 0 Å². The van der Waals surface area contributed by atoms with Crippen LogP contribution in [0.4, 0.5) is 13.2 Å². The van der Waals surface area contributed by atoms with Gasteiger partial charge in [-0.05, 0) is 25.8 Å². The summed E-state index contributed by atoms with van der Waals surface area (Å²) in [7, 11) is 0. The van der Waals surface area contributed by atoms with Crippen LogP contribution in [0.3, 0.4) is 0 Å². The summed E-state index contributed by atoms with van der Waals surface area (Å²) < 4.78 is 38.5. The fourth-order valence-corrected chi connectivity index (χ4v) is 4.54. The Morgan fingerprint density at radius 2 is 1.62 bits per heavy atom. The molecule has 5 nitrogen and oxygen atoms in total. The quantitative estimate of drug-likeness (QED) is 0.627. The van der Waals surface area contributed by atoms with Crippen LogP contribution in [0.15, 0.2) is 0 Å². The molecular formula is C15H27ClF3N5. The van der Waals surface area contributed by atoms with Gasteiger partial charge in [-0.2, -0.15) is 13.2 Å². The van der Waals surface area contributed by atoms with Crippen LogP contribution in [-0.2, 0) is 0 Å². The van der Waals surface area contributed by atoms with Crippen molar-refractivity contribution < 1.29 is 13.2 Å². The lowest BCUT2D eigenvalue weighted by Crippen LogP contribution is -2.66. The van der Waals surface area contributed by atoms with Gasteiger partial charge >= 0.3 is 6.18 Å². The van der Waals surface area contributed by atoms with Crippen LogP contribution in [0.5, 0.6) is 0 Å². The SMILES string of the molecule is NC1CCCNC1N1CCN(C2NCC(C(F)(F)F)CC2Cl)CC1. The zero-order chi connectivity index (χ0) is 17.3. The second kappa shape index (κ2) is 7.63. The molecule has 0 bridgehead atoms.